The summed E-state index contributed by atoms with van der Waals surface area (Å²) < 4.78 is 42.8. The zero-order valence-electron chi connectivity index (χ0n) is 17.7. The Kier molecular flexibility index (Phi) is 7.69. The Morgan fingerprint density at radius 3 is 2.28 bits per heavy atom. The van der Waals surface area contributed by atoms with E-state index in [0.29, 0.717) is 29.4 Å². The third-order valence-electron chi connectivity index (χ3n) is 4.51. The van der Waals surface area contributed by atoms with Gasteiger partial charge in [0, 0.05) is 18.7 Å². The lowest BCUT2D eigenvalue weighted by Gasteiger charge is -2.08. The maximum atomic E-state index is 12.4. The lowest BCUT2D eigenvalue weighted by atomic mass is 10.2. The van der Waals surface area contributed by atoms with Crippen LogP contribution in [0.5, 0.6) is 11.5 Å². The molecular formula is C23H24N2O6S. The number of methoxy groups -OCH3 is 2. The minimum atomic E-state index is -3.67. The van der Waals surface area contributed by atoms with Crippen molar-refractivity contribution in [1.82, 2.24) is 10.0 Å². The van der Waals surface area contributed by atoms with Crippen molar-refractivity contribution in [3.63, 3.8) is 0 Å². The number of nitrogens with one attached hydrogen (secondary N) is 2. The maximum absolute atomic E-state index is 12.4. The van der Waals surface area contributed by atoms with Crippen molar-refractivity contribution in [3.8, 4) is 11.5 Å². The first-order chi connectivity index (χ1) is 15.4. The molecule has 1 aromatic heterocycles. The lowest BCUT2D eigenvalue weighted by molar-refractivity contribution is -0.116. The molecule has 0 aliphatic heterocycles. The number of sulfonamides is 1. The normalized spacial score (nSPS) is 11.4. The van der Waals surface area contributed by atoms with E-state index in [2.05, 4.69) is 10.0 Å². The zero-order valence-corrected chi connectivity index (χ0v) is 18.5. The van der Waals surface area contributed by atoms with E-state index in [1.807, 2.05) is 12.1 Å². The van der Waals surface area contributed by atoms with Crippen LogP contribution in [-0.4, -0.2) is 28.5 Å². The number of carbonyl (C=O) groups excluding carboxylic acids is 1. The fraction of sp³-hybridized carbons (Fsp3) is 0.174. The van der Waals surface area contributed by atoms with Gasteiger partial charge in [-0.1, -0.05) is 12.1 Å². The van der Waals surface area contributed by atoms with Crippen LogP contribution in [0.2, 0.25) is 0 Å². The summed E-state index contributed by atoms with van der Waals surface area (Å²) in [5, 5.41) is 2.79. The van der Waals surface area contributed by atoms with Crippen LogP contribution in [-0.2, 0) is 27.9 Å². The van der Waals surface area contributed by atoms with E-state index in [4.69, 9.17) is 13.9 Å². The smallest absolute Gasteiger partial charge is 0.244 e. The highest BCUT2D eigenvalue weighted by Crippen LogP contribution is 2.22. The molecule has 0 saturated carbocycles. The quantitative estimate of drug-likeness (QED) is 0.454. The van der Waals surface area contributed by atoms with Crippen LogP contribution in [0.4, 0.5) is 0 Å². The predicted molar refractivity (Wildman–Crippen MR) is 120 cm³/mol. The third kappa shape index (κ3) is 6.47. The Labute approximate surface area is 186 Å². The summed E-state index contributed by atoms with van der Waals surface area (Å²) in [5.41, 5.74) is 1.52. The number of ether oxygens (including phenoxy) is 2. The fourth-order valence-corrected chi connectivity index (χ4v) is 3.80. The average Bonchev–Trinajstić information content (AvgIpc) is 3.34. The van der Waals surface area contributed by atoms with Crippen molar-refractivity contribution in [3.05, 3.63) is 83.8 Å². The molecular weight excluding hydrogens is 432 g/mol. The molecule has 3 aromatic rings. The van der Waals surface area contributed by atoms with Crippen LogP contribution in [0.3, 0.4) is 0 Å². The van der Waals surface area contributed by atoms with Crippen LogP contribution in [0, 0.1) is 0 Å². The zero-order chi connectivity index (χ0) is 23.0. The van der Waals surface area contributed by atoms with Gasteiger partial charge >= 0.3 is 0 Å². The minimum absolute atomic E-state index is 0.0658. The minimum Gasteiger partial charge on any atom is -0.497 e. The molecule has 1 amide bonds. The van der Waals surface area contributed by atoms with Crippen LogP contribution in [0.15, 0.2) is 76.2 Å². The summed E-state index contributed by atoms with van der Waals surface area (Å²) in [6.45, 7) is 0.367. The molecule has 0 saturated heterocycles. The van der Waals surface area contributed by atoms with Gasteiger partial charge in [0.1, 0.15) is 17.3 Å². The van der Waals surface area contributed by atoms with E-state index in [1.54, 1.807) is 50.6 Å². The van der Waals surface area contributed by atoms with Gasteiger partial charge in [0.25, 0.3) is 0 Å². The summed E-state index contributed by atoms with van der Waals surface area (Å²) in [5.74, 6) is 1.51. The van der Waals surface area contributed by atoms with Crippen molar-refractivity contribution in [2.24, 2.45) is 0 Å². The summed E-state index contributed by atoms with van der Waals surface area (Å²) in [7, 11) is -0.547. The van der Waals surface area contributed by atoms with E-state index in [1.165, 1.54) is 24.5 Å². The van der Waals surface area contributed by atoms with Gasteiger partial charge in [-0.05, 0) is 53.6 Å². The third-order valence-corrected chi connectivity index (χ3v) is 5.93. The molecule has 0 fully saturated rings. The number of rotatable bonds is 10. The second-order valence-corrected chi connectivity index (χ2v) is 8.51. The molecule has 168 valence electrons. The van der Waals surface area contributed by atoms with Gasteiger partial charge in [0.05, 0.1) is 31.9 Å². The highest BCUT2D eigenvalue weighted by atomic mass is 32.2. The molecule has 0 unspecified atom stereocenters. The molecule has 0 radical (unpaired) electrons. The largest absolute Gasteiger partial charge is 0.497 e. The summed E-state index contributed by atoms with van der Waals surface area (Å²) in [4.78, 5) is 12.3. The first kappa shape index (κ1) is 23.1. The van der Waals surface area contributed by atoms with Gasteiger partial charge < -0.3 is 19.2 Å². The number of furan rings is 1. The molecule has 0 bridgehead atoms. The Balaban J connectivity index is 1.55. The molecule has 0 spiro atoms. The number of hydrogen-bond donors (Lipinski definition) is 2. The number of hydrogen-bond acceptors (Lipinski definition) is 6. The summed E-state index contributed by atoms with van der Waals surface area (Å²) >= 11 is 0. The van der Waals surface area contributed by atoms with Crippen molar-refractivity contribution < 1.29 is 27.1 Å². The van der Waals surface area contributed by atoms with Crippen molar-refractivity contribution in [1.29, 1.82) is 0 Å². The Morgan fingerprint density at radius 2 is 1.69 bits per heavy atom. The predicted octanol–water partition coefficient (Wildman–Crippen LogP) is 3.10. The Hall–Kier alpha value is -3.56. The molecule has 2 aromatic carbocycles. The van der Waals surface area contributed by atoms with Crippen molar-refractivity contribution >= 4 is 22.0 Å². The molecule has 32 heavy (non-hydrogen) atoms. The van der Waals surface area contributed by atoms with Crippen LogP contribution < -0.4 is 19.5 Å². The topological polar surface area (TPSA) is 107 Å². The van der Waals surface area contributed by atoms with Crippen molar-refractivity contribution in [2.75, 3.05) is 14.2 Å². The highest BCUT2D eigenvalue weighted by molar-refractivity contribution is 7.89. The van der Waals surface area contributed by atoms with Gasteiger partial charge in [0.15, 0.2) is 0 Å². The van der Waals surface area contributed by atoms with E-state index < -0.39 is 10.0 Å². The van der Waals surface area contributed by atoms with Gasteiger partial charge in [-0.2, -0.15) is 0 Å². The molecule has 0 aliphatic carbocycles. The average molecular weight is 457 g/mol. The summed E-state index contributed by atoms with van der Waals surface area (Å²) in [6.07, 6.45) is 4.47. The molecule has 0 atom stereocenters. The molecule has 1 heterocycles. The van der Waals surface area contributed by atoms with Gasteiger partial charge in [0.2, 0.25) is 15.9 Å². The number of benzene rings is 2. The monoisotopic (exact) mass is 456 g/mol. The van der Waals surface area contributed by atoms with Crippen LogP contribution in [0.25, 0.3) is 6.08 Å². The fourth-order valence-electron chi connectivity index (χ4n) is 2.81. The Bertz CT molecular complexity index is 1150. The van der Waals surface area contributed by atoms with Gasteiger partial charge in [-0.25, -0.2) is 13.1 Å². The van der Waals surface area contributed by atoms with E-state index in [-0.39, 0.29) is 17.3 Å². The number of amides is 1. The second-order valence-electron chi connectivity index (χ2n) is 6.75. The number of carbonyl (C=O) groups is 1. The van der Waals surface area contributed by atoms with Gasteiger partial charge in [-0.3, -0.25) is 4.79 Å². The SMILES string of the molecule is COc1cc(CNC(=O)/C=C/c2ccc(S(=O)(=O)NCc3ccco3)cc2)cc(OC)c1. The first-order valence-electron chi connectivity index (χ1n) is 9.69. The lowest BCUT2D eigenvalue weighted by Crippen LogP contribution is -2.22. The second kappa shape index (κ2) is 10.7. The first-order valence-corrected chi connectivity index (χ1v) is 11.2. The highest BCUT2D eigenvalue weighted by Gasteiger charge is 2.14. The van der Waals surface area contributed by atoms with Gasteiger partial charge in [-0.15, -0.1) is 0 Å². The molecule has 9 heteroatoms. The van der Waals surface area contributed by atoms with E-state index >= 15 is 0 Å². The molecule has 3 rings (SSSR count). The molecule has 8 nitrogen and oxygen atoms in total. The van der Waals surface area contributed by atoms with Crippen LogP contribution >= 0.6 is 0 Å². The van der Waals surface area contributed by atoms with Crippen molar-refractivity contribution in [2.45, 2.75) is 18.0 Å². The van der Waals surface area contributed by atoms with E-state index in [9.17, 15) is 13.2 Å². The standard InChI is InChI=1S/C23H24N2O6S/c1-29-20-12-18(13-21(14-20)30-2)15-24-23(26)10-7-17-5-8-22(9-6-17)32(27,28)25-16-19-4-3-11-31-19/h3-14,25H,15-16H2,1-2H3,(H,24,26)/b10-7+. The maximum Gasteiger partial charge on any atom is 0.244 e. The Morgan fingerprint density at radius 1 is 1.00 bits per heavy atom. The summed E-state index contributed by atoms with van der Waals surface area (Å²) in [6, 6.07) is 14.9. The van der Waals surface area contributed by atoms with Crippen LogP contribution in [0.1, 0.15) is 16.9 Å². The molecule has 2 N–H and O–H groups in total. The molecule has 0 aliphatic rings. The van der Waals surface area contributed by atoms with E-state index in [0.717, 1.165) is 5.56 Å².